The topological polar surface area (TPSA) is 26.3 Å². The summed E-state index contributed by atoms with van der Waals surface area (Å²) in [5.41, 5.74) is 0. The van der Waals surface area contributed by atoms with Crippen LogP contribution in [0.15, 0.2) is 0 Å². The summed E-state index contributed by atoms with van der Waals surface area (Å²) in [6.45, 7) is 2.38. The van der Waals surface area contributed by atoms with Crippen molar-refractivity contribution in [2.45, 2.75) is 19.5 Å². The van der Waals surface area contributed by atoms with Gasteiger partial charge in [-0.1, -0.05) is 6.92 Å². The van der Waals surface area contributed by atoms with Crippen LogP contribution in [0.5, 0.6) is 0 Å². The highest BCUT2D eigenvalue weighted by Crippen LogP contribution is 2.19. The highest BCUT2D eigenvalue weighted by atomic mass is 28.4. The molecule has 0 spiro atoms. The molecule has 0 aromatic carbocycles. The maximum Gasteiger partial charge on any atom is 0.422 e. The molecule has 0 rings (SSSR count). The lowest BCUT2D eigenvalue weighted by molar-refractivity contribution is -0.144. The van der Waals surface area contributed by atoms with E-state index in [-0.39, 0.29) is 6.04 Å². The molecule has 11 heavy (non-hydrogen) atoms. The van der Waals surface area contributed by atoms with Crippen LogP contribution in [0, 0.1) is 5.92 Å². The maximum atomic E-state index is 12.4. The number of esters is 1. The minimum absolute atomic E-state index is 0.320. The molecule has 0 N–H and O–H groups in total. The van der Waals surface area contributed by atoms with Crippen molar-refractivity contribution in [2.24, 2.45) is 5.92 Å². The molecule has 0 bridgehead atoms. The van der Waals surface area contributed by atoms with E-state index >= 15 is 0 Å². The van der Waals surface area contributed by atoms with E-state index in [4.69, 9.17) is 0 Å². The molecule has 0 saturated carbocycles. The monoisotopic (exact) mass is 182 g/mol. The van der Waals surface area contributed by atoms with Gasteiger partial charge in [-0.3, -0.25) is 13.0 Å². The summed E-state index contributed by atoms with van der Waals surface area (Å²) >= 11 is 0. The first-order chi connectivity index (χ1) is 4.87. The fourth-order valence-corrected chi connectivity index (χ4v) is 2.06. The minimum Gasteiger partial charge on any atom is -0.469 e. The largest absolute Gasteiger partial charge is 0.469 e. The zero-order chi connectivity index (χ0) is 9.07. The zero-order valence-corrected chi connectivity index (χ0v) is 7.86. The molecule has 0 fully saturated rings. The third-order valence-corrected chi connectivity index (χ3v) is 2.60. The molecule has 0 aromatic heterocycles. The molecule has 0 saturated heterocycles. The first kappa shape index (κ1) is 10.5. The van der Waals surface area contributed by atoms with Crippen molar-refractivity contribution in [1.29, 1.82) is 0 Å². The van der Waals surface area contributed by atoms with E-state index in [9.17, 15) is 13.0 Å². The van der Waals surface area contributed by atoms with Crippen molar-refractivity contribution in [3.63, 3.8) is 0 Å². The molecule has 0 heterocycles. The molecule has 0 aliphatic rings. The van der Waals surface area contributed by atoms with E-state index in [1.165, 1.54) is 14.0 Å². The summed E-state index contributed by atoms with van der Waals surface area (Å²) < 4.78 is 29.1. The van der Waals surface area contributed by atoms with Gasteiger partial charge in [-0.2, -0.15) is 0 Å². The van der Waals surface area contributed by atoms with Crippen LogP contribution in [0.25, 0.3) is 0 Å². The van der Waals surface area contributed by atoms with Crippen LogP contribution in [0.2, 0.25) is 12.6 Å². The number of hydrogen-bond donors (Lipinski definition) is 0. The predicted molar refractivity (Wildman–Crippen MR) is 39.8 cm³/mol. The Morgan fingerprint density at radius 1 is 1.64 bits per heavy atom. The number of rotatable bonds is 3. The van der Waals surface area contributed by atoms with Crippen LogP contribution in [0.3, 0.4) is 0 Å². The summed E-state index contributed by atoms with van der Waals surface area (Å²) in [4.78, 5) is 10.7. The highest BCUT2D eigenvalue weighted by molar-refractivity contribution is 6.64. The molecule has 1 atom stereocenters. The van der Waals surface area contributed by atoms with Crippen LogP contribution >= 0.6 is 0 Å². The number of hydrogen-bond acceptors (Lipinski definition) is 2. The van der Waals surface area contributed by atoms with Crippen molar-refractivity contribution < 1.29 is 17.7 Å². The molecule has 0 aliphatic carbocycles. The zero-order valence-electron chi connectivity index (χ0n) is 6.86. The summed E-state index contributed by atoms with van der Waals surface area (Å²) in [5, 5.41) is 0. The van der Waals surface area contributed by atoms with E-state index < -0.39 is 20.6 Å². The summed E-state index contributed by atoms with van der Waals surface area (Å²) in [6, 6.07) is -0.320. The number of halogens is 2. The number of carbonyl (C=O) groups excluding carboxylic acids is 1. The Morgan fingerprint density at radius 3 is 2.36 bits per heavy atom. The molecule has 2 nitrogen and oxygen atoms in total. The highest BCUT2D eigenvalue weighted by Gasteiger charge is 2.33. The van der Waals surface area contributed by atoms with E-state index in [1.807, 2.05) is 0 Å². The van der Waals surface area contributed by atoms with E-state index in [0.717, 1.165) is 6.55 Å². The summed E-state index contributed by atoms with van der Waals surface area (Å²) in [7, 11) is -2.90. The molecular formula is C6H12F2O2Si. The number of ether oxygens (including phenoxy) is 1. The van der Waals surface area contributed by atoms with Crippen LogP contribution in [-0.4, -0.2) is 21.8 Å². The lowest BCUT2D eigenvalue weighted by atomic mass is 10.2. The number of carbonyl (C=O) groups is 1. The fraction of sp³-hybridized carbons (Fsp3) is 0.833. The molecule has 0 radical (unpaired) electrons. The number of methoxy groups -OCH3 is 1. The second kappa shape index (κ2) is 3.80. The van der Waals surface area contributed by atoms with Gasteiger partial charge in [0.15, 0.2) is 0 Å². The van der Waals surface area contributed by atoms with Crippen molar-refractivity contribution in [1.82, 2.24) is 0 Å². The van der Waals surface area contributed by atoms with Gasteiger partial charge in [0.2, 0.25) is 0 Å². The van der Waals surface area contributed by atoms with Gasteiger partial charge in [0.1, 0.15) is 0 Å². The molecule has 5 heteroatoms. The van der Waals surface area contributed by atoms with Crippen molar-refractivity contribution >= 4 is 14.7 Å². The molecule has 0 aliphatic heterocycles. The van der Waals surface area contributed by atoms with Crippen LogP contribution in [-0.2, 0) is 9.53 Å². The van der Waals surface area contributed by atoms with Crippen molar-refractivity contribution in [3.8, 4) is 0 Å². The summed E-state index contributed by atoms with van der Waals surface area (Å²) in [6.07, 6.45) is 0. The Hall–Kier alpha value is -0.453. The Morgan fingerprint density at radius 2 is 2.09 bits per heavy atom. The average Bonchev–Trinajstić information content (AvgIpc) is 1.82. The van der Waals surface area contributed by atoms with Gasteiger partial charge in [0.25, 0.3) is 0 Å². The van der Waals surface area contributed by atoms with Crippen LogP contribution in [0.4, 0.5) is 8.22 Å². The molecular weight excluding hydrogens is 170 g/mol. The van der Waals surface area contributed by atoms with E-state index in [2.05, 4.69) is 4.74 Å². The molecule has 0 amide bonds. The van der Waals surface area contributed by atoms with Gasteiger partial charge >= 0.3 is 14.7 Å². The van der Waals surface area contributed by atoms with Crippen molar-refractivity contribution in [2.75, 3.05) is 7.11 Å². The Kier molecular flexibility index (Phi) is 3.64. The maximum absolute atomic E-state index is 12.4. The van der Waals surface area contributed by atoms with Crippen molar-refractivity contribution in [3.05, 3.63) is 0 Å². The molecule has 1 unspecified atom stereocenters. The average molecular weight is 182 g/mol. The second-order valence-corrected chi connectivity index (χ2v) is 5.25. The molecule has 66 valence electrons. The first-order valence-electron chi connectivity index (χ1n) is 3.32. The van der Waals surface area contributed by atoms with Crippen LogP contribution in [0.1, 0.15) is 6.92 Å². The van der Waals surface area contributed by atoms with Gasteiger partial charge in [-0.25, -0.2) is 0 Å². The molecule has 0 aromatic rings. The predicted octanol–water partition coefficient (Wildman–Crippen LogP) is 1.81. The first-order valence-corrected chi connectivity index (χ1v) is 5.79. The van der Waals surface area contributed by atoms with Crippen LogP contribution < -0.4 is 0 Å². The Balaban J connectivity index is 3.87. The Bertz CT molecular complexity index is 144. The second-order valence-electron chi connectivity index (χ2n) is 2.70. The lowest BCUT2D eigenvalue weighted by Gasteiger charge is -2.11. The van der Waals surface area contributed by atoms with Gasteiger partial charge in [0.05, 0.1) is 13.0 Å². The van der Waals surface area contributed by atoms with E-state index in [1.54, 1.807) is 0 Å². The third-order valence-electron chi connectivity index (χ3n) is 1.27. The van der Waals surface area contributed by atoms with Gasteiger partial charge in [-0.15, -0.1) is 0 Å². The normalized spacial score (nSPS) is 14.3. The van der Waals surface area contributed by atoms with Gasteiger partial charge < -0.3 is 4.74 Å². The van der Waals surface area contributed by atoms with Gasteiger partial charge in [0, 0.05) is 6.04 Å². The quantitative estimate of drug-likeness (QED) is 0.378. The Labute approximate surface area is 65.9 Å². The SMILES string of the molecule is COC(=O)C(C)C[Si](C)(F)F. The third kappa shape index (κ3) is 4.89. The van der Waals surface area contributed by atoms with Gasteiger partial charge in [-0.05, 0) is 6.55 Å². The van der Waals surface area contributed by atoms with E-state index in [0.29, 0.717) is 0 Å². The summed E-state index contributed by atoms with van der Waals surface area (Å²) in [5.74, 6) is -1.23. The standard InChI is InChI=1S/C6H12F2O2Si/c1-5(6(9)10-2)4-11(3,7)8/h5H,4H2,1-3H3. The fourth-order valence-electron chi connectivity index (χ4n) is 0.822. The minimum atomic E-state index is -4.10. The smallest absolute Gasteiger partial charge is 0.422 e. The lowest BCUT2D eigenvalue weighted by Crippen LogP contribution is -2.25.